The number of hydrogen-bond acceptors (Lipinski definition) is 4. The van der Waals surface area contributed by atoms with Gasteiger partial charge < -0.3 is 15.0 Å². The molecular weight excluding hydrogens is 390 g/mol. The van der Waals surface area contributed by atoms with E-state index in [1.807, 2.05) is 44.2 Å². The van der Waals surface area contributed by atoms with E-state index in [1.54, 1.807) is 29.3 Å². The minimum atomic E-state index is -0.215. The van der Waals surface area contributed by atoms with Gasteiger partial charge in [0.15, 0.2) is 0 Å². The first-order valence-electron chi connectivity index (χ1n) is 10.4. The Hall–Kier alpha value is -3.67. The molecule has 0 saturated carbocycles. The Labute approximate surface area is 181 Å². The zero-order chi connectivity index (χ0) is 22.0. The number of aromatic nitrogens is 1. The fraction of sp³-hybridized carbons (Fsp3) is 0.240. The standard InChI is InChI=1S/C25H25N3O3/c1-4-24(29)28-12-11-18-14-19(6-9-22(18)28)25(30)27-20-7-10-23(26-15-20)31-21-8-5-16(2)17(3)13-21/h5-10,13-15H,4,11-12H2,1-3H3,(H,27,30). The number of ether oxygens (including phenoxy) is 1. The third-order valence-corrected chi connectivity index (χ3v) is 5.54. The number of anilines is 2. The summed E-state index contributed by atoms with van der Waals surface area (Å²) >= 11 is 0. The van der Waals surface area contributed by atoms with E-state index in [1.165, 1.54) is 5.56 Å². The molecule has 0 radical (unpaired) electrons. The van der Waals surface area contributed by atoms with Gasteiger partial charge in [0, 0.05) is 30.3 Å². The molecule has 6 nitrogen and oxygen atoms in total. The fourth-order valence-corrected chi connectivity index (χ4v) is 3.61. The summed E-state index contributed by atoms with van der Waals surface area (Å²) in [6, 6.07) is 14.8. The number of benzene rings is 2. The summed E-state index contributed by atoms with van der Waals surface area (Å²) in [6.07, 6.45) is 2.80. The normalized spacial score (nSPS) is 12.4. The summed E-state index contributed by atoms with van der Waals surface area (Å²) in [5.74, 6) is 1.07. The van der Waals surface area contributed by atoms with Crippen molar-refractivity contribution in [1.29, 1.82) is 0 Å². The molecule has 1 aliphatic rings. The van der Waals surface area contributed by atoms with E-state index in [4.69, 9.17) is 4.74 Å². The van der Waals surface area contributed by atoms with E-state index in [0.29, 0.717) is 30.1 Å². The maximum Gasteiger partial charge on any atom is 0.255 e. The average Bonchev–Trinajstić information content (AvgIpc) is 3.20. The molecule has 2 amide bonds. The molecule has 1 aromatic heterocycles. The SMILES string of the molecule is CCC(=O)N1CCc2cc(C(=O)Nc3ccc(Oc4ccc(C)c(C)c4)nc3)ccc21. The van der Waals surface area contributed by atoms with E-state index in [9.17, 15) is 9.59 Å². The molecule has 0 atom stereocenters. The number of nitrogens with one attached hydrogen (secondary N) is 1. The van der Waals surface area contributed by atoms with Crippen LogP contribution in [0.3, 0.4) is 0 Å². The van der Waals surface area contributed by atoms with Crippen LogP contribution in [0.2, 0.25) is 0 Å². The summed E-state index contributed by atoms with van der Waals surface area (Å²) in [5, 5.41) is 2.86. The summed E-state index contributed by atoms with van der Waals surface area (Å²) < 4.78 is 5.79. The van der Waals surface area contributed by atoms with E-state index < -0.39 is 0 Å². The van der Waals surface area contributed by atoms with Gasteiger partial charge in [-0.15, -0.1) is 0 Å². The molecule has 0 spiro atoms. The van der Waals surface area contributed by atoms with Crippen LogP contribution in [-0.2, 0) is 11.2 Å². The molecule has 2 heterocycles. The third kappa shape index (κ3) is 4.43. The number of hydrogen-bond donors (Lipinski definition) is 1. The van der Waals surface area contributed by atoms with Crippen molar-refractivity contribution in [1.82, 2.24) is 4.98 Å². The Morgan fingerprint density at radius 3 is 2.61 bits per heavy atom. The molecule has 0 aliphatic carbocycles. The van der Waals surface area contributed by atoms with Crippen LogP contribution in [0.15, 0.2) is 54.7 Å². The first kappa shape index (κ1) is 20.6. The molecular formula is C25H25N3O3. The molecule has 4 rings (SSSR count). The highest BCUT2D eigenvalue weighted by Crippen LogP contribution is 2.30. The van der Waals surface area contributed by atoms with Crippen molar-refractivity contribution in [3.05, 3.63) is 77.0 Å². The fourth-order valence-electron chi connectivity index (χ4n) is 3.61. The lowest BCUT2D eigenvalue weighted by Crippen LogP contribution is -2.27. The Kier molecular flexibility index (Phi) is 5.71. The second-order valence-electron chi connectivity index (χ2n) is 7.68. The largest absolute Gasteiger partial charge is 0.439 e. The summed E-state index contributed by atoms with van der Waals surface area (Å²) in [6.45, 7) is 6.61. The second kappa shape index (κ2) is 8.60. The van der Waals surface area contributed by atoms with Crippen LogP contribution in [0.5, 0.6) is 11.6 Å². The number of amides is 2. The molecule has 0 fully saturated rings. The van der Waals surface area contributed by atoms with Crippen LogP contribution < -0.4 is 15.0 Å². The van der Waals surface area contributed by atoms with Crippen LogP contribution >= 0.6 is 0 Å². The van der Waals surface area contributed by atoms with Crippen LogP contribution in [0.25, 0.3) is 0 Å². The summed E-state index contributed by atoms with van der Waals surface area (Å²) in [5.41, 5.74) is 5.41. The smallest absolute Gasteiger partial charge is 0.255 e. The highest BCUT2D eigenvalue weighted by Gasteiger charge is 2.24. The highest BCUT2D eigenvalue weighted by atomic mass is 16.5. The molecule has 158 valence electrons. The van der Waals surface area contributed by atoms with Crippen molar-refractivity contribution in [2.75, 3.05) is 16.8 Å². The van der Waals surface area contributed by atoms with Gasteiger partial charge in [-0.1, -0.05) is 13.0 Å². The maximum absolute atomic E-state index is 12.7. The topological polar surface area (TPSA) is 71.5 Å². The predicted molar refractivity (Wildman–Crippen MR) is 121 cm³/mol. The van der Waals surface area contributed by atoms with Crippen molar-refractivity contribution in [2.24, 2.45) is 0 Å². The van der Waals surface area contributed by atoms with Gasteiger partial charge in [-0.25, -0.2) is 4.98 Å². The average molecular weight is 415 g/mol. The van der Waals surface area contributed by atoms with Crippen LogP contribution in [-0.4, -0.2) is 23.3 Å². The molecule has 0 unspecified atom stereocenters. The molecule has 2 aromatic carbocycles. The Bertz CT molecular complexity index is 1140. The minimum absolute atomic E-state index is 0.102. The number of nitrogens with zero attached hydrogens (tertiary/aromatic N) is 2. The first-order valence-corrected chi connectivity index (χ1v) is 10.4. The quantitative estimate of drug-likeness (QED) is 0.634. The van der Waals surface area contributed by atoms with Crippen molar-refractivity contribution < 1.29 is 14.3 Å². The number of pyridine rings is 1. The summed E-state index contributed by atoms with van der Waals surface area (Å²) in [4.78, 5) is 30.8. The minimum Gasteiger partial charge on any atom is -0.439 e. The van der Waals surface area contributed by atoms with Gasteiger partial charge in [0.1, 0.15) is 5.75 Å². The molecule has 6 heteroatoms. The van der Waals surface area contributed by atoms with Crippen molar-refractivity contribution in [3.8, 4) is 11.6 Å². The van der Waals surface area contributed by atoms with Gasteiger partial charge in [0.05, 0.1) is 11.9 Å². The number of aryl methyl sites for hydroxylation is 2. The Balaban J connectivity index is 1.42. The van der Waals surface area contributed by atoms with E-state index >= 15 is 0 Å². The molecule has 31 heavy (non-hydrogen) atoms. The van der Waals surface area contributed by atoms with Crippen LogP contribution in [0.1, 0.15) is 40.4 Å². The predicted octanol–water partition coefficient (Wildman–Crippen LogP) is 5.04. The first-order chi connectivity index (χ1) is 14.9. The molecule has 1 aliphatic heterocycles. The van der Waals surface area contributed by atoms with Gasteiger partial charge in [-0.05, 0) is 73.4 Å². The van der Waals surface area contributed by atoms with Gasteiger partial charge in [0.2, 0.25) is 11.8 Å². The Morgan fingerprint density at radius 1 is 1.06 bits per heavy atom. The number of fused-ring (bicyclic) bond motifs is 1. The van der Waals surface area contributed by atoms with E-state index in [0.717, 1.165) is 29.0 Å². The maximum atomic E-state index is 12.7. The zero-order valence-electron chi connectivity index (χ0n) is 17.9. The summed E-state index contributed by atoms with van der Waals surface area (Å²) in [7, 11) is 0. The lowest BCUT2D eigenvalue weighted by atomic mass is 10.1. The lowest BCUT2D eigenvalue weighted by Gasteiger charge is -2.16. The third-order valence-electron chi connectivity index (χ3n) is 5.54. The van der Waals surface area contributed by atoms with Gasteiger partial charge >= 0.3 is 0 Å². The van der Waals surface area contributed by atoms with Gasteiger partial charge in [-0.2, -0.15) is 0 Å². The van der Waals surface area contributed by atoms with Crippen molar-refractivity contribution in [3.63, 3.8) is 0 Å². The number of carbonyl (C=O) groups is 2. The van der Waals surface area contributed by atoms with Crippen LogP contribution in [0, 0.1) is 13.8 Å². The second-order valence-corrected chi connectivity index (χ2v) is 7.68. The molecule has 0 bridgehead atoms. The van der Waals surface area contributed by atoms with Gasteiger partial charge in [0.25, 0.3) is 5.91 Å². The van der Waals surface area contributed by atoms with E-state index in [2.05, 4.69) is 17.2 Å². The highest BCUT2D eigenvalue weighted by molar-refractivity contribution is 6.05. The molecule has 0 saturated heterocycles. The number of carbonyl (C=O) groups excluding carboxylic acids is 2. The van der Waals surface area contributed by atoms with Crippen molar-refractivity contribution >= 4 is 23.2 Å². The van der Waals surface area contributed by atoms with Crippen LogP contribution in [0.4, 0.5) is 11.4 Å². The molecule has 1 N–H and O–H groups in total. The molecule has 3 aromatic rings. The number of rotatable bonds is 5. The zero-order valence-corrected chi connectivity index (χ0v) is 17.9. The van der Waals surface area contributed by atoms with Crippen molar-refractivity contribution in [2.45, 2.75) is 33.6 Å². The lowest BCUT2D eigenvalue weighted by molar-refractivity contribution is -0.118. The Morgan fingerprint density at radius 2 is 1.90 bits per heavy atom. The van der Waals surface area contributed by atoms with Gasteiger partial charge in [-0.3, -0.25) is 9.59 Å². The van der Waals surface area contributed by atoms with E-state index in [-0.39, 0.29) is 11.8 Å². The monoisotopic (exact) mass is 415 g/mol.